The lowest BCUT2D eigenvalue weighted by Gasteiger charge is -2.21. The first-order chi connectivity index (χ1) is 7.86. The predicted molar refractivity (Wildman–Crippen MR) is 66.6 cm³/mol. The van der Waals surface area contributed by atoms with Crippen molar-refractivity contribution in [3.05, 3.63) is 22.4 Å². The quantitative estimate of drug-likeness (QED) is 0.832. The molecule has 0 aromatic carbocycles. The molecule has 0 aliphatic carbocycles. The Morgan fingerprint density at radius 2 is 2.31 bits per heavy atom. The van der Waals surface area contributed by atoms with Crippen LogP contribution < -0.4 is 10.6 Å². The molecule has 16 heavy (non-hydrogen) atoms. The van der Waals surface area contributed by atoms with E-state index in [0.717, 1.165) is 38.9 Å². The van der Waals surface area contributed by atoms with E-state index in [1.54, 1.807) is 11.3 Å². The third-order valence-corrected chi connectivity index (χ3v) is 3.73. The summed E-state index contributed by atoms with van der Waals surface area (Å²) in [5.41, 5.74) is 1.32. The van der Waals surface area contributed by atoms with Crippen LogP contribution in [0.15, 0.2) is 16.8 Å². The summed E-state index contributed by atoms with van der Waals surface area (Å²) in [5.74, 6) is 0.459. The Morgan fingerprint density at radius 1 is 1.50 bits per heavy atom. The van der Waals surface area contributed by atoms with E-state index < -0.39 is 0 Å². The highest BCUT2D eigenvalue weighted by molar-refractivity contribution is 7.07. The van der Waals surface area contributed by atoms with Gasteiger partial charge in [-0.25, -0.2) is 0 Å². The van der Waals surface area contributed by atoms with Crippen molar-refractivity contribution in [3.63, 3.8) is 0 Å². The molecule has 1 aliphatic rings. The SMILES string of the molecule is O=C(NCCc1ccsc1)C1CCNCC1. The molecule has 2 N–H and O–H groups in total. The fourth-order valence-corrected chi connectivity index (χ4v) is 2.70. The standard InChI is InChI=1S/C12H18N2OS/c15-12(11-2-5-13-6-3-11)14-7-1-10-4-8-16-9-10/h4,8-9,11,13H,1-3,5-7H2,(H,14,15). The van der Waals surface area contributed by atoms with Crippen LogP contribution >= 0.6 is 11.3 Å². The van der Waals surface area contributed by atoms with E-state index in [-0.39, 0.29) is 11.8 Å². The average Bonchev–Trinajstić information content (AvgIpc) is 2.83. The normalized spacial score (nSPS) is 17.2. The summed E-state index contributed by atoms with van der Waals surface area (Å²) < 4.78 is 0. The van der Waals surface area contributed by atoms with Gasteiger partial charge in [-0.15, -0.1) is 0 Å². The molecule has 88 valence electrons. The molecule has 0 bridgehead atoms. The Hall–Kier alpha value is -0.870. The van der Waals surface area contributed by atoms with E-state index in [1.165, 1.54) is 5.56 Å². The first kappa shape index (κ1) is 11.6. The maximum absolute atomic E-state index is 11.8. The van der Waals surface area contributed by atoms with Crippen molar-refractivity contribution < 1.29 is 4.79 Å². The first-order valence-electron chi connectivity index (χ1n) is 5.86. The number of hydrogen-bond acceptors (Lipinski definition) is 3. The van der Waals surface area contributed by atoms with Gasteiger partial charge in [-0.3, -0.25) is 4.79 Å². The zero-order valence-corrected chi connectivity index (χ0v) is 10.2. The molecule has 2 heterocycles. The van der Waals surface area contributed by atoms with Crippen molar-refractivity contribution >= 4 is 17.2 Å². The monoisotopic (exact) mass is 238 g/mol. The van der Waals surface area contributed by atoms with Crippen molar-refractivity contribution in [2.75, 3.05) is 19.6 Å². The number of hydrogen-bond donors (Lipinski definition) is 2. The lowest BCUT2D eigenvalue weighted by Crippen LogP contribution is -2.38. The zero-order chi connectivity index (χ0) is 11.2. The number of nitrogens with one attached hydrogen (secondary N) is 2. The third kappa shape index (κ3) is 3.32. The van der Waals surface area contributed by atoms with E-state index in [4.69, 9.17) is 0 Å². The summed E-state index contributed by atoms with van der Waals surface area (Å²) in [5, 5.41) is 10.5. The molecule has 0 atom stereocenters. The highest BCUT2D eigenvalue weighted by Crippen LogP contribution is 2.11. The first-order valence-corrected chi connectivity index (χ1v) is 6.80. The third-order valence-electron chi connectivity index (χ3n) is 3.00. The number of carbonyl (C=O) groups excluding carboxylic acids is 1. The summed E-state index contributed by atoms with van der Waals surface area (Å²) >= 11 is 1.71. The van der Waals surface area contributed by atoms with Crippen LogP contribution in [0.1, 0.15) is 18.4 Å². The second-order valence-corrected chi connectivity index (χ2v) is 4.98. The van der Waals surface area contributed by atoms with Crippen LogP contribution in [-0.2, 0) is 11.2 Å². The van der Waals surface area contributed by atoms with Crippen LogP contribution in [0.5, 0.6) is 0 Å². The van der Waals surface area contributed by atoms with Gasteiger partial charge in [0.05, 0.1) is 0 Å². The van der Waals surface area contributed by atoms with Gasteiger partial charge in [0.1, 0.15) is 0 Å². The van der Waals surface area contributed by atoms with Crippen molar-refractivity contribution in [2.24, 2.45) is 5.92 Å². The molecule has 1 aromatic heterocycles. The molecule has 1 amide bonds. The van der Waals surface area contributed by atoms with Gasteiger partial charge >= 0.3 is 0 Å². The summed E-state index contributed by atoms with van der Waals surface area (Å²) in [6.45, 7) is 2.71. The van der Waals surface area contributed by atoms with Gasteiger partial charge in [-0.1, -0.05) is 0 Å². The summed E-state index contributed by atoms with van der Waals surface area (Å²) in [4.78, 5) is 11.8. The topological polar surface area (TPSA) is 41.1 Å². The molecule has 4 heteroatoms. The van der Waals surface area contributed by atoms with Crippen LogP contribution in [0.2, 0.25) is 0 Å². The lowest BCUT2D eigenvalue weighted by atomic mass is 9.97. The van der Waals surface area contributed by atoms with Gasteiger partial charge in [-0.05, 0) is 54.7 Å². The van der Waals surface area contributed by atoms with Gasteiger partial charge in [0, 0.05) is 12.5 Å². The van der Waals surface area contributed by atoms with E-state index in [2.05, 4.69) is 27.5 Å². The Morgan fingerprint density at radius 3 is 3.00 bits per heavy atom. The summed E-state index contributed by atoms with van der Waals surface area (Å²) in [6, 6.07) is 2.11. The fourth-order valence-electron chi connectivity index (χ4n) is 1.99. The van der Waals surface area contributed by atoms with E-state index in [9.17, 15) is 4.79 Å². The van der Waals surface area contributed by atoms with Gasteiger partial charge < -0.3 is 10.6 Å². The molecule has 3 nitrogen and oxygen atoms in total. The predicted octanol–water partition coefficient (Wildman–Crippen LogP) is 1.41. The maximum atomic E-state index is 11.8. The molecular weight excluding hydrogens is 220 g/mol. The minimum Gasteiger partial charge on any atom is -0.356 e. The highest BCUT2D eigenvalue weighted by atomic mass is 32.1. The summed E-state index contributed by atoms with van der Waals surface area (Å²) in [7, 11) is 0. The van der Waals surface area contributed by atoms with E-state index in [1.807, 2.05) is 0 Å². The molecule has 0 spiro atoms. The number of thiophene rings is 1. The molecule has 1 saturated heterocycles. The number of piperidine rings is 1. The molecular formula is C12H18N2OS. The lowest BCUT2D eigenvalue weighted by molar-refractivity contribution is -0.125. The Labute approximate surface area is 100 Å². The maximum Gasteiger partial charge on any atom is 0.223 e. The van der Waals surface area contributed by atoms with Crippen molar-refractivity contribution in [1.29, 1.82) is 0 Å². The van der Waals surface area contributed by atoms with Crippen LogP contribution in [0.25, 0.3) is 0 Å². The number of carbonyl (C=O) groups is 1. The Kier molecular flexibility index (Phi) is 4.36. The van der Waals surface area contributed by atoms with Crippen LogP contribution in [0, 0.1) is 5.92 Å². The molecule has 2 rings (SSSR count). The Bertz CT molecular complexity index is 318. The Balaban J connectivity index is 1.67. The smallest absolute Gasteiger partial charge is 0.223 e. The second kappa shape index (κ2) is 6.01. The number of rotatable bonds is 4. The number of amides is 1. The molecule has 1 aliphatic heterocycles. The van der Waals surface area contributed by atoms with Gasteiger partial charge in [-0.2, -0.15) is 11.3 Å². The minimum atomic E-state index is 0.226. The molecule has 0 unspecified atom stereocenters. The van der Waals surface area contributed by atoms with Gasteiger partial charge in [0.2, 0.25) is 5.91 Å². The fraction of sp³-hybridized carbons (Fsp3) is 0.583. The molecule has 1 aromatic rings. The van der Waals surface area contributed by atoms with Crippen molar-refractivity contribution in [3.8, 4) is 0 Å². The largest absolute Gasteiger partial charge is 0.356 e. The van der Waals surface area contributed by atoms with Crippen molar-refractivity contribution in [2.45, 2.75) is 19.3 Å². The van der Waals surface area contributed by atoms with Gasteiger partial charge in [0.15, 0.2) is 0 Å². The van der Waals surface area contributed by atoms with E-state index in [0.29, 0.717) is 0 Å². The molecule has 0 saturated carbocycles. The molecule has 0 radical (unpaired) electrons. The zero-order valence-electron chi connectivity index (χ0n) is 9.37. The second-order valence-electron chi connectivity index (χ2n) is 4.20. The average molecular weight is 238 g/mol. The highest BCUT2D eigenvalue weighted by Gasteiger charge is 2.19. The van der Waals surface area contributed by atoms with E-state index >= 15 is 0 Å². The van der Waals surface area contributed by atoms with Crippen LogP contribution in [0.4, 0.5) is 0 Å². The minimum absolute atomic E-state index is 0.226. The van der Waals surface area contributed by atoms with Gasteiger partial charge in [0.25, 0.3) is 0 Å². The summed E-state index contributed by atoms with van der Waals surface area (Å²) in [6.07, 6.45) is 2.90. The molecule has 1 fully saturated rings. The van der Waals surface area contributed by atoms with Crippen LogP contribution in [-0.4, -0.2) is 25.5 Å². The van der Waals surface area contributed by atoms with Crippen molar-refractivity contribution in [1.82, 2.24) is 10.6 Å². The van der Waals surface area contributed by atoms with Crippen LogP contribution in [0.3, 0.4) is 0 Å².